The van der Waals surface area contributed by atoms with E-state index in [0.29, 0.717) is 12.1 Å². The zero-order valence-electron chi connectivity index (χ0n) is 15.2. The summed E-state index contributed by atoms with van der Waals surface area (Å²) < 4.78 is 1.58. The third kappa shape index (κ3) is 3.77. The van der Waals surface area contributed by atoms with Crippen molar-refractivity contribution in [1.82, 2.24) is 9.55 Å². The van der Waals surface area contributed by atoms with Gasteiger partial charge in [0.2, 0.25) is 5.91 Å². The fraction of sp³-hybridized carbons (Fsp3) is 0.238. The first-order chi connectivity index (χ1) is 12.5. The molecule has 0 aliphatic rings. The zero-order chi connectivity index (χ0) is 18.7. The van der Waals surface area contributed by atoms with Crippen LogP contribution in [0.4, 0.5) is 5.69 Å². The van der Waals surface area contributed by atoms with Crippen molar-refractivity contribution >= 4 is 11.6 Å². The first-order valence-corrected chi connectivity index (χ1v) is 8.68. The van der Waals surface area contributed by atoms with Crippen LogP contribution in [0.25, 0.3) is 5.69 Å². The Morgan fingerprint density at radius 1 is 1.15 bits per heavy atom. The van der Waals surface area contributed by atoms with Gasteiger partial charge in [-0.2, -0.15) is 0 Å². The van der Waals surface area contributed by atoms with Crippen molar-refractivity contribution < 1.29 is 4.79 Å². The molecule has 0 fully saturated rings. The number of rotatable bonds is 5. The second kappa shape index (κ2) is 7.44. The molecule has 3 rings (SSSR count). The van der Waals surface area contributed by atoms with Gasteiger partial charge in [0.25, 0.3) is 0 Å². The summed E-state index contributed by atoms with van der Waals surface area (Å²) in [6, 6.07) is 15.4. The molecule has 0 aliphatic heterocycles. The second-order valence-electron chi connectivity index (χ2n) is 6.63. The molecule has 0 spiro atoms. The van der Waals surface area contributed by atoms with Crippen molar-refractivity contribution in [2.45, 2.75) is 33.1 Å². The molecule has 3 aromatic rings. The number of hydrogen-bond acceptors (Lipinski definition) is 2. The van der Waals surface area contributed by atoms with E-state index >= 15 is 0 Å². The third-order valence-electron chi connectivity index (χ3n) is 4.56. The highest BCUT2D eigenvalue weighted by Gasteiger charge is 2.13. The van der Waals surface area contributed by atoms with E-state index in [1.54, 1.807) is 16.8 Å². The number of carbonyl (C=O) groups excluding carboxylic acids is 1. The van der Waals surface area contributed by atoms with Crippen LogP contribution in [0.3, 0.4) is 0 Å². The molecular formula is C21H23N3O2. The van der Waals surface area contributed by atoms with Gasteiger partial charge in [-0.05, 0) is 49.1 Å². The van der Waals surface area contributed by atoms with Gasteiger partial charge in [0, 0.05) is 24.0 Å². The molecule has 5 nitrogen and oxygen atoms in total. The number of imidazole rings is 1. The molecule has 1 unspecified atom stereocenters. The average molecular weight is 349 g/mol. The van der Waals surface area contributed by atoms with E-state index < -0.39 is 0 Å². The molecule has 2 N–H and O–H groups in total. The summed E-state index contributed by atoms with van der Waals surface area (Å²) >= 11 is 0. The molecule has 0 saturated heterocycles. The normalized spacial score (nSPS) is 12.0. The van der Waals surface area contributed by atoms with Crippen LogP contribution in [-0.4, -0.2) is 15.5 Å². The smallest absolute Gasteiger partial charge is 0.326 e. The number of aromatic amines is 1. The second-order valence-corrected chi connectivity index (χ2v) is 6.63. The lowest BCUT2D eigenvalue weighted by Gasteiger charge is -2.15. The van der Waals surface area contributed by atoms with Crippen LogP contribution in [0.2, 0.25) is 0 Å². The third-order valence-corrected chi connectivity index (χ3v) is 4.56. The molecule has 26 heavy (non-hydrogen) atoms. The molecule has 1 amide bonds. The Kier molecular flexibility index (Phi) is 5.07. The lowest BCUT2D eigenvalue weighted by molar-refractivity contribution is -0.116. The van der Waals surface area contributed by atoms with Crippen molar-refractivity contribution in [2.24, 2.45) is 0 Å². The van der Waals surface area contributed by atoms with Gasteiger partial charge in [-0.3, -0.25) is 9.36 Å². The van der Waals surface area contributed by atoms with Gasteiger partial charge in [-0.1, -0.05) is 37.3 Å². The molecule has 1 atom stereocenters. The van der Waals surface area contributed by atoms with Crippen molar-refractivity contribution in [3.8, 4) is 5.69 Å². The summed E-state index contributed by atoms with van der Waals surface area (Å²) in [5, 5.41) is 2.94. The Labute approximate surface area is 152 Å². The fourth-order valence-corrected chi connectivity index (χ4v) is 3.24. The number of carbonyl (C=O) groups is 1. The molecule has 2 aromatic carbocycles. The summed E-state index contributed by atoms with van der Waals surface area (Å²) in [6.07, 6.45) is 2.07. The van der Waals surface area contributed by atoms with Crippen molar-refractivity contribution in [1.29, 1.82) is 0 Å². The van der Waals surface area contributed by atoms with Gasteiger partial charge >= 0.3 is 5.69 Å². The Morgan fingerprint density at radius 3 is 2.62 bits per heavy atom. The Bertz CT molecular complexity index is 985. The highest BCUT2D eigenvalue weighted by Crippen LogP contribution is 2.23. The summed E-state index contributed by atoms with van der Waals surface area (Å²) in [7, 11) is 0. The van der Waals surface area contributed by atoms with Gasteiger partial charge < -0.3 is 10.3 Å². The number of nitrogens with one attached hydrogen (secondary N) is 2. The van der Waals surface area contributed by atoms with E-state index in [4.69, 9.17) is 0 Å². The molecule has 0 saturated carbocycles. The minimum Gasteiger partial charge on any atom is -0.326 e. The van der Waals surface area contributed by atoms with Crippen LogP contribution in [-0.2, 0) is 4.79 Å². The van der Waals surface area contributed by atoms with E-state index in [2.05, 4.69) is 36.3 Å². The zero-order valence-corrected chi connectivity index (χ0v) is 15.2. The number of hydrogen-bond donors (Lipinski definition) is 2. The maximum atomic E-state index is 12.5. The highest BCUT2D eigenvalue weighted by atomic mass is 16.2. The molecule has 134 valence electrons. The Hall–Kier alpha value is -3.08. The standard InChI is InChI=1S/C21H23N3O2/c1-14-7-4-5-10-19(14)15(2)11-20(25)23-17-8-6-9-18(12-17)24-16(3)13-22-21(24)26/h4-10,12-13,15H,11H2,1-3H3,(H,22,26)(H,23,25). The van der Waals surface area contributed by atoms with E-state index in [9.17, 15) is 9.59 Å². The quantitative estimate of drug-likeness (QED) is 0.733. The summed E-state index contributed by atoms with van der Waals surface area (Å²) in [5.41, 5.74) is 4.39. The average Bonchev–Trinajstić information content (AvgIpc) is 2.94. The summed E-state index contributed by atoms with van der Waals surface area (Å²) in [5.74, 6) is 0.0879. The first-order valence-electron chi connectivity index (χ1n) is 8.68. The van der Waals surface area contributed by atoms with Crippen molar-refractivity contribution in [2.75, 3.05) is 5.32 Å². The van der Waals surface area contributed by atoms with Gasteiger partial charge in [0.05, 0.1) is 5.69 Å². The molecule has 0 radical (unpaired) electrons. The fourth-order valence-electron chi connectivity index (χ4n) is 3.24. The molecule has 0 bridgehead atoms. The molecular weight excluding hydrogens is 326 g/mol. The van der Waals surface area contributed by atoms with Crippen LogP contribution >= 0.6 is 0 Å². The monoisotopic (exact) mass is 349 g/mol. The largest absolute Gasteiger partial charge is 0.330 e. The van der Waals surface area contributed by atoms with Gasteiger partial charge in [-0.15, -0.1) is 0 Å². The minimum atomic E-state index is -0.195. The van der Waals surface area contributed by atoms with Gasteiger partial charge in [0.15, 0.2) is 0 Å². The molecule has 5 heteroatoms. The number of anilines is 1. The van der Waals surface area contributed by atoms with Crippen molar-refractivity contribution in [3.63, 3.8) is 0 Å². The molecule has 0 aliphatic carbocycles. The van der Waals surface area contributed by atoms with Crippen molar-refractivity contribution in [3.05, 3.63) is 82.0 Å². The number of nitrogens with zero attached hydrogens (tertiary/aromatic N) is 1. The predicted octanol–water partition coefficient (Wildman–Crippen LogP) is 3.91. The maximum absolute atomic E-state index is 12.5. The number of aromatic nitrogens is 2. The van der Waals surface area contributed by atoms with E-state index in [0.717, 1.165) is 11.4 Å². The van der Waals surface area contributed by atoms with Crippen LogP contribution in [0.15, 0.2) is 59.5 Å². The molecule has 1 heterocycles. The lowest BCUT2D eigenvalue weighted by atomic mass is 9.93. The predicted molar refractivity (Wildman–Crippen MR) is 104 cm³/mol. The highest BCUT2D eigenvalue weighted by molar-refractivity contribution is 5.91. The van der Waals surface area contributed by atoms with Gasteiger partial charge in [0.1, 0.15) is 0 Å². The van der Waals surface area contributed by atoms with E-state index in [1.165, 1.54) is 11.1 Å². The Balaban J connectivity index is 1.73. The van der Waals surface area contributed by atoms with Crippen LogP contribution in [0.5, 0.6) is 0 Å². The van der Waals surface area contributed by atoms with E-state index in [-0.39, 0.29) is 17.5 Å². The molecule has 1 aromatic heterocycles. The number of aryl methyl sites for hydroxylation is 2. The Morgan fingerprint density at radius 2 is 1.92 bits per heavy atom. The van der Waals surface area contributed by atoms with Gasteiger partial charge in [-0.25, -0.2) is 4.79 Å². The van der Waals surface area contributed by atoms with E-state index in [1.807, 2.05) is 37.3 Å². The SMILES string of the molecule is Cc1ccccc1C(C)CC(=O)Nc1cccc(-n2c(C)c[nH]c2=O)c1. The first kappa shape index (κ1) is 17.7. The minimum absolute atomic E-state index is 0.0453. The number of benzene rings is 2. The summed E-state index contributed by atoms with van der Waals surface area (Å²) in [6.45, 7) is 5.97. The lowest BCUT2D eigenvalue weighted by Crippen LogP contribution is -2.17. The van der Waals surface area contributed by atoms with Crippen LogP contribution in [0, 0.1) is 13.8 Å². The summed E-state index contributed by atoms with van der Waals surface area (Å²) in [4.78, 5) is 27.0. The van der Waals surface area contributed by atoms with Crippen LogP contribution < -0.4 is 11.0 Å². The maximum Gasteiger partial charge on any atom is 0.330 e. The van der Waals surface area contributed by atoms with Crippen LogP contribution in [0.1, 0.15) is 36.1 Å². The number of H-pyrrole nitrogens is 1. The topological polar surface area (TPSA) is 66.9 Å². The number of amides is 1.